The van der Waals surface area contributed by atoms with Crippen LogP contribution in [0, 0.1) is 5.92 Å². The molecule has 1 aliphatic rings. The van der Waals surface area contributed by atoms with Crippen molar-refractivity contribution < 1.29 is 0 Å². The van der Waals surface area contributed by atoms with Crippen molar-refractivity contribution in [2.75, 3.05) is 4.43 Å². The first-order valence-electron chi connectivity index (χ1n) is 4.49. The highest BCUT2D eigenvalue weighted by Crippen LogP contribution is 2.34. The molecule has 0 N–H and O–H groups in total. The molecular formula is C9H17I. The lowest BCUT2D eigenvalue weighted by Crippen LogP contribution is -1.80. The van der Waals surface area contributed by atoms with Gasteiger partial charge < -0.3 is 0 Å². The average molecular weight is 252 g/mol. The number of unbranched alkanes of at least 4 members (excludes halogenated alkanes) is 3. The van der Waals surface area contributed by atoms with Crippen LogP contribution in [0.15, 0.2) is 0 Å². The average Bonchev–Trinajstić information content (AvgIpc) is 2.71. The summed E-state index contributed by atoms with van der Waals surface area (Å²) in [5.74, 6) is 1.15. The van der Waals surface area contributed by atoms with E-state index < -0.39 is 0 Å². The summed E-state index contributed by atoms with van der Waals surface area (Å²) in [4.78, 5) is 0. The van der Waals surface area contributed by atoms with E-state index in [-0.39, 0.29) is 0 Å². The Hall–Kier alpha value is 0.730. The van der Waals surface area contributed by atoms with Crippen LogP contribution in [0.3, 0.4) is 0 Å². The molecule has 0 aromatic heterocycles. The maximum atomic E-state index is 2.46. The Morgan fingerprint density at radius 3 is 2.30 bits per heavy atom. The third-order valence-electron chi connectivity index (χ3n) is 2.19. The van der Waals surface area contributed by atoms with Gasteiger partial charge in [0.15, 0.2) is 0 Å². The molecule has 0 aromatic carbocycles. The summed E-state index contributed by atoms with van der Waals surface area (Å²) >= 11 is 2.46. The van der Waals surface area contributed by atoms with Crippen molar-refractivity contribution in [3.8, 4) is 0 Å². The Labute approximate surface area is 77.9 Å². The van der Waals surface area contributed by atoms with Crippen LogP contribution in [0.25, 0.3) is 0 Å². The van der Waals surface area contributed by atoms with Gasteiger partial charge in [0.1, 0.15) is 0 Å². The lowest BCUT2D eigenvalue weighted by molar-refractivity contribution is 0.600. The molecule has 1 saturated carbocycles. The van der Waals surface area contributed by atoms with Gasteiger partial charge in [-0.05, 0) is 16.8 Å². The molecule has 0 amide bonds. The maximum Gasteiger partial charge on any atom is -0.000473 e. The molecule has 1 fully saturated rings. The first-order valence-corrected chi connectivity index (χ1v) is 6.02. The Morgan fingerprint density at radius 2 is 1.70 bits per heavy atom. The second-order valence-corrected chi connectivity index (χ2v) is 4.41. The first-order chi connectivity index (χ1) is 4.93. The molecule has 10 heavy (non-hydrogen) atoms. The highest BCUT2D eigenvalue weighted by molar-refractivity contribution is 14.1. The Kier molecular flexibility index (Phi) is 4.76. The van der Waals surface area contributed by atoms with E-state index >= 15 is 0 Å². The molecule has 0 bridgehead atoms. The zero-order valence-corrected chi connectivity index (χ0v) is 8.77. The highest BCUT2D eigenvalue weighted by Gasteiger charge is 2.19. The summed E-state index contributed by atoms with van der Waals surface area (Å²) in [5, 5.41) is 0. The summed E-state index contributed by atoms with van der Waals surface area (Å²) in [7, 11) is 0. The molecule has 1 rings (SSSR count). The van der Waals surface area contributed by atoms with Crippen LogP contribution in [-0.2, 0) is 0 Å². The lowest BCUT2D eigenvalue weighted by atomic mass is 10.1. The largest absolute Gasteiger partial charge is 0.0864 e. The van der Waals surface area contributed by atoms with Crippen molar-refractivity contribution in [2.24, 2.45) is 5.92 Å². The van der Waals surface area contributed by atoms with Crippen LogP contribution in [0.1, 0.15) is 44.9 Å². The quantitative estimate of drug-likeness (QED) is 0.383. The molecule has 0 nitrogen and oxygen atoms in total. The molecule has 0 saturated heterocycles. The van der Waals surface area contributed by atoms with Crippen LogP contribution < -0.4 is 0 Å². The van der Waals surface area contributed by atoms with Gasteiger partial charge in [-0.25, -0.2) is 0 Å². The van der Waals surface area contributed by atoms with E-state index in [1.165, 1.54) is 49.4 Å². The zero-order chi connectivity index (χ0) is 7.23. The van der Waals surface area contributed by atoms with Crippen LogP contribution >= 0.6 is 22.6 Å². The third-order valence-corrected chi connectivity index (χ3v) is 2.96. The van der Waals surface area contributed by atoms with Crippen LogP contribution in [0.4, 0.5) is 0 Å². The van der Waals surface area contributed by atoms with Crippen molar-refractivity contribution in [3.05, 3.63) is 0 Å². The van der Waals surface area contributed by atoms with Gasteiger partial charge in [-0.15, -0.1) is 0 Å². The topological polar surface area (TPSA) is 0 Å². The molecular weight excluding hydrogens is 235 g/mol. The minimum Gasteiger partial charge on any atom is -0.0864 e. The van der Waals surface area contributed by atoms with E-state index in [1.54, 1.807) is 0 Å². The van der Waals surface area contributed by atoms with Gasteiger partial charge in [0.25, 0.3) is 0 Å². The normalized spacial score (nSPS) is 17.7. The van der Waals surface area contributed by atoms with Crippen molar-refractivity contribution in [2.45, 2.75) is 44.9 Å². The predicted molar refractivity (Wildman–Crippen MR) is 54.7 cm³/mol. The molecule has 0 heterocycles. The minimum absolute atomic E-state index is 1.15. The number of hydrogen-bond donors (Lipinski definition) is 0. The predicted octanol–water partition coefficient (Wildman–Crippen LogP) is 3.78. The van der Waals surface area contributed by atoms with E-state index in [0.29, 0.717) is 0 Å². The van der Waals surface area contributed by atoms with Gasteiger partial charge in [-0.2, -0.15) is 0 Å². The summed E-state index contributed by atoms with van der Waals surface area (Å²) in [6, 6.07) is 0. The SMILES string of the molecule is ICCCCCCC1CC1. The smallest absolute Gasteiger partial charge is 0.000473 e. The fourth-order valence-electron chi connectivity index (χ4n) is 1.29. The highest BCUT2D eigenvalue weighted by atomic mass is 127. The third kappa shape index (κ3) is 4.53. The fourth-order valence-corrected chi connectivity index (χ4v) is 1.83. The van der Waals surface area contributed by atoms with E-state index in [1.807, 2.05) is 0 Å². The van der Waals surface area contributed by atoms with Crippen molar-refractivity contribution in [1.82, 2.24) is 0 Å². The van der Waals surface area contributed by atoms with Gasteiger partial charge in [0.05, 0.1) is 0 Å². The van der Waals surface area contributed by atoms with Crippen LogP contribution in [0.5, 0.6) is 0 Å². The molecule has 1 aliphatic carbocycles. The van der Waals surface area contributed by atoms with Crippen molar-refractivity contribution in [3.63, 3.8) is 0 Å². The standard InChI is InChI=1S/C9H17I/c10-8-4-2-1-3-5-9-6-7-9/h9H,1-8H2. The summed E-state index contributed by atoms with van der Waals surface area (Å²) in [6.45, 7) is 0. The monoisotopic (exact) mass is 252 g/mol. The second-order valence-electron chi connectivity index (χ2n) is 3.34. The van der Waals surface area contributed by atoms with Gasteiger partial charge in [-0.1, -0.05) is 61.1 Å². The second kappa shape index (κ2) is 5.39. The van der Waals surface area contributed by atoms with E-state index in [9.17, 15) is 0 Å². The van der Waals surface area contributed by atoms with Gasteiger partial charge in [0, 0.05) is 0 Å². The van der Waals surface area contributed by atoms with Crippen LogP contribution in [-0.4, -0.2) is 4.43 Å². The lowest BCUT2D eigenvalue weighted by Gasteiger charge is -1.96. The molecule has 0 radical (unpaired) electrons. The van der Waals surface area contributed by atoms with Gasteiger partial charge in [0.2, 0.25) is 0 Å². The molecule has 0 aromatic rings. The van der Waals surface area contributed by atoms with Crippen molar-refractivity contribution >= 4 is 22.6 Å². The van der Waals surface area contributed by atoms with Gasteiger partial charge in [-0.3, -0.25) is 0 Å². The minimum atomic E-state index is 1.15. The number of hydrogen-bond acceptors (Lipinski definition) is 0. The van der Waals surface area contributed by atoms with Gasteiger partial charge >= 0.3 is 0 Å². The molecule has 0 spiro atoms. The zero-order valence-electron chi connectivity index (χ0n) is 6.61. The number of rotatable bonds is 6. The summed E-state index contributed by atoms with van der Waals surface area (Å²) in [6.07, 6.45) is 10.5. The van der Waals surface area contributed by atoms with Crippen molar-refractivity contribution in [1.29, 1.82) is 0 Å². The maximum absolute atomic E-state index is 2.46. The summed E-state index contributed by atoms with van der Waals surface area (Å²) < 4.78 is 1.35. The summed E-state index contributed by atoms with van der Waals surface area (Å²) in [5.41, 5.74) is 0. The van der Waals surface area contributed by atoms with E-state index in [2.05, 4.69) is 22.6 Å². The van der Waals surface area contributed by atoms with E-state index in [0.717, 1.165) is 5.92 Å². The Morgan fingerprint density at radius 1 is 1.00 bits per heavy atom. The molecule has 0 unspecified atom stereocenters. The molecule has 60 valence electrons. The Bertz CT molecular complexity index is 76.8. The number of alkyl halides is 1. The number of halogens is 1. The molecule has 1 heteroatoms. The first kappa shape index (κ1) is 8.82. The van der Waals surface area contributed by atoms with Crippen LogP contribution in [0.2, 0.25) is 0 Å². The fraction of sp³-hybridized carbons (Fsp3) is 1.00. The molecule has 0 aliphatic heterocycles. The Balaban J connectivity index is 1.68. The van der Waals surface area contributed by atoms with E-state index in [4.69, 9.17) is 0 Å². The molecule has 0 atom stereocenters.